The highest BCUT2D eigenvalue weighted by atomic mass is 31.3. The van der Waals surface area contributed by atoms with E-state index in [-0.39, 0.29) is 41.3 Å². The van der Waals surface area contributed by atoms with Crippen molar-refractivity contribution in [3.8, 4) is 11.5 Å². The standard InChI is InChI=1S/C47H51N9O16P2/c1-53-22-56(41-36(53)43(59)52-46(48)51-41)44-40(37(57)32(69-44)21-68-74(66,67)72-73(63,64)65)71-47(62)50-13-12-49-42(58)25-10-11-26(45(60)61)29(20-25)33-30-18-23-6-2-14-54-16-4-8-27(34(23)54)38(30)70-39-28-9-5-17-55-15-3-7-24(35(28)55)19-31(33)39/h10-11,18-20,22,32,37,40,44,57H,2-9,12-17,21H2,1H3,(H7-2,48,49,50,51,52,58,59,60,61,62,63,64,65,66,67)/p+2/t32-,37-,40-,44-/m1/s1. The first-order valence-corrected chi connectivity index (χ1v) is 27.2. The summed E-state index contributed by atoms with van der Waals surface area (Å²) < 4.78 is 55.7. The molecule has 11 rings (SSSR count). The van der Waals surface area contributed by atoms with Gasteiger partial charge in [0, 0.05) is 77.8 Å². The van der Waals surface area contributed by atoms with E-state index in [2.05, 4.69) is 46.5 Å². The highest BCUT2D eigenvalue weighted by Gasteiger charge is 2.51. The predicted molar refractivity (Wildman–Crippen MR) is 259 cm³/mol. The number of aromatic amines is 1. The number of hydrogen-bond donors (Lipinski definition) is 9. The van der Waals surface area contributed by atoms with Crippen molar-refractivity contribution in [3.63, 3.8) is 0 Å². The van der Waals surface area contributed by atoms with E-state index in [1.165, 1.54) is 56.8 Å². The number of nitrogens with one attached hydrogen (secondary N) is 3. The van der Waals surface area contributed by atoms with Crippen molar-refractivity contribution in [1.82, 2.24) is 29.7 Å². The van der Waals surface area contributed by atoms with Crippen LogP contribution in [0.4, 0.5) is 16.4 Å². The molecule has 1 fully saturated rings. The van der Waals surface area contributed by atoms with Crippen molar-refractivity contribution in [3.05, 3.63) is 102 Å². The van der Waals surface area contributed by atoms with Gasteiger partial charge in [0.05, 0.1) is 24.8 Å². The van der Waals surface area contributed by atoms with Crippen LogP contribution in [0.25, 0.3) is 16.7 Å². The number of ether oxygens (including phenoxy) is 3. The number of imidazole rings is 1. The third kappa shape index (κ3) is 9.04. The van der Waals surface area contributed by atoms with Crippen LogP contribution in [-0.4, -0.2) is 122 Å². The second-order valence-electron chi connectivity index (χ2n) is 19.1. The summed E-state index contributed by atoms with van der Waals surface area (Å²) in [5.41, 5.74) is 12.9. The fraction of sp³-hybridized carbons (Fsp3) is 0.426. The number of amides is 2. The van der Waals surface area contributed by atoms with Gasteiger partial charge in [-0.2, -0.15) is 4.31 Å². The molecular weight excluding hydrogens is 1010 g/mol. The Hall–Kier alpha value is -6.53. The number of fused-ring (bicyclic) bond motifs is 5. The number of phosphoric acid groups is 2. The first kappa shape index (κ1) is 49.7. The number of nitrogen functional groups attached to an aromatic ring is 1. The molecule has 10 N–H and O–H groups in total. The van der Waals surface area contributed by atoms with Crippen molar-refractivity contribution >= 4 is 62.0 Å². The molecule has 6 aliphatic rings. The lowest BCUT2D eigenvalue weighted by molar-refractivity contribution is -0.745. The average molecular weight is 1060 g/mol. The number of nitrogens with zero attached hydrogens (tertiary/aromatic N) is 5. The van der Waals surface area contributed by atoms with Gasteiger partial charge in [-0.15, -0.1) is 0 Å². The molecule has 2 aromatic heterocycles. The number of carbonyl (C=O) groups is 3. The number of carbonyl (C=O) groups excluding carboxylic acids is 2. The lowest BCUT2D eigenvalue weighted by Crippen LogP contribution is -2.49. The zero-order valence-corrected chi connectivity index (χ0v) is 41.6. The third-order valence-electron chi connectivity index (χ3n) is 14.4. The van der Waals surface area contributed by atoms with Crippen molar-refractivity contribution in [1.29, 1.82) is 0 Å². The van der Waals surface area contributed by atoms with E-state index in [0.717, 1.165) is 111 Å². The largest absolute Gasteiger partial charge is 0.481 e. The zero-order valence-electron chi connectivity index (χ0n) is 39.8. The molecule has 1 unspecified atom stereocenters. The summed E-state index contributed by atoms with van der Waals surface area (Å²) in [6.07, 6.45) is 0.811. The Balaban J connectivity index is 0.861. The van der Waals surface area contributed by atoms with Gasteiger partial charge in [-0.25, -0.2) is 27.9 Å². The number of anilines is 2. The number of hydrogen-bond acceptors (Lipinski definition) is 15. The van der Waals surface area contributed by atoms with E-state index in [0.29, 0.717) is 11.1 Å². The molecule has 6 aliphatic heterocycles. The molecule has 0 aliphatic carbocycles. The minimum Gasteiger partial charge on any atom is -0.478 e. The molecule has 0 bridgehead atoms. The van der Waals surface area contributed by atoms with Crippen LogP contribution in [-0.2, 0) is 60.2 Å². The summed E-state index contributed by atoms with van der Waals surface area (Å²) in [5.74, 6) is -0.566. The number of phosphoric ester groups is 1. The number of alkyl carbamates (subject to hydrolysis) is 1. The first-order valence-electron chi connectivity index (χ1n) is 24.2. The number of aromatic nitrogens is 4. The van der Waals surface area contributed by atoms with Crippen LogP contribution in [0.3, 0.4) is 0 Å². The van der Waals surface area contributed by atoms with Gasteiger partial charge in [-0.1, -0.05) is 4.98 Å². The number of rotatable bonds is 13. The smallest absolute Gasteiger partial charge is 0.478 e. The highest BCUT2D eigenvalue weighted by molar-refractivity contribution is 7.60. The van der Waals surface area contributed by atoms with E-state index in [9.17, 15) is 43.4 Å². The van der Waals surface area contributed by atoms with Crippen LogP contribution in [0.5, 0.6) is 11.5 Å². The summed E-state index contributed by atoms with van der Waals surface area (Å²) in [6.45, 7) is 2.43. The van der Waals surface area contributed by atoms with Crippen LogP contribution >= 0.6 is 15.6 Å². The minimum atomic E-state index is -5.51. The van der Waals surface area contributed by atoms with Crippen LogP contribution in [0.1, 0.15) is 86.0 Å². The SMILES string of the molecule is Cn1c[n+]([C@@H]2O[C@H](COP(=O)(O)OP(=O)(O)O)[C@@H](O)[C@H]2OC(=O)NCCNC(=O)c2ccc(C(=O)O)c(C3=c4cc5c6c(c4Oc4c3cc3c7c4CCCN7CCC3)CCC[N+]=6CCC5)c2)c2nc(N)[nH]c(=O)c21. The van der Waals surface area contributed by atoms with E-state index >= 15 is 0 Å². The van der Waals surface area contributed by atoms with E-state index in [1.807, 2.05) is 0 Å². The lowest BCUT2D eigenvalue weighted by atomic mass is 9.81. The second kappa shape index (κ2) is 19.0. The Morgan fingerprint density at radius 1 is 0.946 bits per heavy atom. The number of aliphatic hydroxyl groups is 1. The van der Waals surface area contributed by atoms with E-state index in [1.54, 1.807) is 6.07 Å². The molecule has 2 amide bonds. The topological polar surface area (TPSA) is 344 Å². The summed E-state index contributed by atoms with van der Waals surface area (Å²) in [6, 6.07) is 8.78. The van der Waals surface area contributed by atoms with Gasteiger partial charge in [0.1, 0.15) is 36.8 Å². The molecule has 8 heterocycles. The summed E-state index contributed by atoms with van der Waals surface area (Å²) in [5, 5.41) is 29.4. The van der Waals surface area contributed by atoms with Crippen molar-refractivity contribution < 1.29 is 76.0 Å². The molecule has 0 saturated carbocycles. The number of benzene rings is 3. The number of carboxylic acids is 1. The molecule has 390 valence electrons. The van der Waals surface area contributed by atoms with Crippen LogP contribution in [0, 0.1) is 0 Å². The van der Waals surface area contributed by atoms with Gasteiger partial charge in [0.2, 0.25) is 17.1 Å². The Kier molecular flexibility index (Phi) is 12.8. The molecule has 5 atom stereocenters. The summed E-state index contributed by atoms with van der Waals surface area (Å²) >= 11 is 0. The number of aliphatic hydroxyl groups excluding tert-OH is 1. The van der Waals surface area contributed by atoms with Crippen LogP contribution < -0.4 is 51.3 Å². The first-order chi connectivity index (χ1) is 35.3. The Morgan fingerprint density at radius 2 is 1.68 bits per heavy atom. The Labute approximate surface area is 419 Å². The number of H-pyrrole nitrogens is 1. The zero-order chi connectivity index (χ0) is 52.0. The molecule has 25 nitrogen and oxygen atoms in total. The van der Waals surface area contributed by atoms with Gasteiger partial charge in [0.25, 0.3) is 17.4 Å². The highest BCUT2D eigenvalue weighted by Crippen LogP contribution is 2.58. The van der Waals surface area contributed by atoms with Gasteiger partial charge in [-0.3, -0.25) is 23.7 Å². The van der Waals surface area contributed by atoms with Crippen LogP contribution in [0.2, 0.25) is 0 Å². The van der Waals surface area contributed by atoms with Crippen molar-refractivity contribution in [2.24, 2.45) is 7.05 Å². The van der Waals surface area contributed by atoms with E-state index < -0.39 is 70.3 Å². The van der Waals surface area contributed by atoms with E-state index in [4.69, 9.17) is 34.3 Å². The summed E-state index contributed by atoms with van der Waals surface area (Å²) in [4.78, 5) is 90.4. The van der Waals surface area contributed by atoms with Gasteiger partial charge < -0.3 is 60.4 Å². The maximum Gasteiger partial charge on any atom is 0.481 e. The number of aryl methyl sites for hydroxylation is 3. The molecule has 0 radical (unpaired) electrons. The quantitative estimate of drug-likeness (QED) is 0.0426. The molecular formula is C47H53N9O16P2+2. The number of aromatic carboxylic acids is 1. The Bertz CT molecular complexity index is 3520. The monoisotopic (exact) mass is 1060 g/mol. The second-order valence-corrected chi connectivity index (χ2v) is 21.9. The number of nitrogens with two attached hydrogens (primary N) is 1. The maximum atomic E-state index is 14.0. The predicted octanol–water partition coefficient (Wildman–Crippen LogP) is 0.274. The van der Waals surface area contributed by atoms with Crippen molar-refractivity contribution in [2.75, 3.05) is 56.5 Å². The van der Waals surface area contributed by atoms with Gasteiger partial charge in [-0.05, 0) is 80.0 Å². The molecule has 5 aromatic rings. The summed E-state index contributed by atoms with van der Waals surface area (Å²) in [7, 11) is -9.44. The molecule has 1 saturated heterocycles. The molecule has 74 heavy (non-hydrogen) atoms. The van der Waals surface area contributed by atoms with Gasteiger partial charge in [0.15, 0.2) is 12.4 Å². The molecule has 3 aromatic carbocycles. The minimum absolute atomic E-state index is 0.00406. The van der Waals surface area contributed by atoms with Crippen molar-refractivity contribution in [2.45, 2.75) is 75.9 Å². The average Bonchev–Trinajstić information content (AvgIpc) is 3.86. The fourth-order valence-electron chi connectivity index (χ4n) is 11.5. The third-order valence-corrected chi connectivity index (χ3v) is 16.5. The Morgan fingerprint density at radius 3 is 2.45 bits per heavy atom. The van der Waals surface area contributed by atoms with Crippen LogP contribution in [0.15, 0.2) is 41.5 Å². The molecule has 27 heteroatoms. The lowest BCUT2D eigenvalue weighted by Gasteiger charge is -2.39. The number of carboxylic acid groups (broad SMARTS) is 1. The molecule has 0 spiro atoms. The normalized spacial score (nSPS) is 21.4. The maximum absolute atomic E-state index is 14.0. The van der Waals surface area contributed by atoms with Gasteiger partial charge >= 0.3 is 33.4 Å². The fourth-order valence-corrected chi connectivity index (χ4v) is 13.1.